The average Bonchev–Trinajstić information content (AvgIpc) is 2.58. The van der Waals surface area contributed by atoms with Crippen molar-refractivity contribution in [2.24, 2.45) is 0 Å². The second-order valence-electron chi connectivity index (χ2n) is 5.66. The lowest BCUT2D eigenvalue weighted by atomic mass is 10.2. The third-order valence-corrected chi connectivity index (χ3v) is 3.59. The van der Waals surface area contributed by atoms with Gasteiger partial charge in [0.2, 0.25) is 11.8 Å². The molecule has 0 aromatic heterocycles. The Bertz CT molecular complexity index is 806. The minimum atomic E-state index is -0.484. The standard InChI is InChI=1S/C19H20FN3O3/c1-13(24)22-17-6-8-18(9-7-17)23(14(2)25)11-10-21-19(26)15-4-3-5-16(20)12-15/h3-9,12H,10-11H2,1-2H3,(H,21,26)(H,22,24). The van der Waals surface area contributed by atoms with Gasteiger partial charge in [-0.25, -0.2) is 4.39 Å². The fourth-order valence-corrected chi connectivity index (χ4v) is 2.41. The summed E-state index contributed by atoms with van der Waals surface area (Å²) in [6, 6.07) is 12.2. The minimum absolute atomic E-state index is 0.179. The van der Waals surface area contributed by atoms with Crippen LogP contribution in [0.3, 0.4) is 0 Å². The third-order valence-electron chi connectivity index (χ3n) is 3.59. The monoisotopic (exact) mass is 357 g/mol. The molecule has 0 heterocycles. The number of hydrogen-bond acceptors (Lipinski definition) is 3. The topological polar surface area (TPSA) is 78.5 Å². The van der Waals surface area contributed by atoms with Gasteiger partial charge in [-0.3, -0.25) is 14.4 Å². The first-order chi connectivity index (χ1) is 12.4. The molecule has 0 atom stereocenters. The molecule has 136 valence electrons. The molecule has 6 nitrogen and oxygen atoms in total. The van der Waals surface area contributed by atoms with Gasteiger partial charge in [0.1, 0.15) is 5.82 Å². The molecule has 0 aliphatic heterocycles. The lowest BCUT2D eigenvalue weighted by Gasteiger charge is -2.21. The largest absolute Gasteiger partial charge is 0.350 e. The van der Waals surface area contributed by atoms with Crippen LogP contribution >= 0.6 is 0 Å². The molecule has 0 aliphatic carbocycles. The first-order valence-electron chi connectivity index (χ1n) is 8.06. The van der Waals surface area contributed by atoms with E-state index in [1.165, 1.54) is 36.9 Å². The summed E-state index contributed by atoms with van der Waals surface area (Å²) in [6.45, 7) is 3.31. The first kappa shape index (κ1) is 19.1. The van der Waals surface area contributed by atoms with Crippen LogP contribution in [0.1, 0.15) is 24.2 Å². The van der Waals surface area contributed by atoms with Gasteiger partial charge in [0.05, 0.1) is 0 Å². The molecule has 0 unspecified atom stereocenters. The van der Waals surface area contributed by atoms with Crippen LogP contribution in [0.2, 0.25) is 0 Å². The van der Waals surface area contributed by atoms with Crippen LogP contribution in [0, 0.1) is 5.82 Å². The zero-order valence-corrected chi connectivity index (χ0v) is 14.6. The Labute approximate surface area is 151 Å². The molecule has 26 heavy (non-hydrogen) atoms. The summed E-state index contributed by atoms with van der Waals surface area (Å²) in [7, 11) is 0. The summed E-state index contributed by atoms with van der Waals surface area (Å²) in [6.07, 6.45) is 0. The van der Waals surface area contributed by atoms with Crippen LogP contribution in [0.4, 0.5) is 15.8 Å². The highest BCUT2D eigenvalue weighted by molar-refractivity contribution is 5.95. The molecule has 0 radical (unpaired) electrons. The molecule has 0 bridgehead atoms. The smallest absolute Gasteiger partial charge is 0.251 e. The van der Waals surface area contributed by atoms with E-state index in [1.807, 2.05) is 0 Å². The van der Waals surface area contributed by atoms with Crippen molar-refractivity contribution in [3.8, 4) is 0 Å². The number of nitrogens with zero attached hydrogens (tertiary/aromatic N) is 1. The zero-order chi connectivity index (χ0) is 19.1. The SMILES string of the molecule is CC(=O)Nc1ccc(N(CCNC(=O)c2cccc(F)c2)C(C)=O)cc1. The van der Waals surface area contributed by atoms with Gasteiger partial charge in [0, 0.05) is 43.9 Å². The lowest BCUT2D eigenvalue weighted by Crippen LogP contribution is -2.37. The van der Waals surface area contributed by atoms with E-state index in [1.54, 1.807) is 24.3 Å². The van der Waals surface area contributed by atoms with E-state index in [9.17, 15) is 18.8 Å². The maximum absolute atomic E-state index is 13.2. The van der Waals surface area contributed by atoms with Crippen LogP contribution in [0.5, 0.6) is 0 Å². The zero-order valence-electron chi connectivity index (χ0n) is 14.6. The number of carbonyl (C=O) groups excluding carboxylic acids is 3. The van der Waals surface area contributed by atoms with Crippen LogP contribution in [-0.2, 0) is 9.59 Å². The Kier molecular flexibility index (Phi) is 6.43. The van der Waals surface area contributed by atoms with Crippen LogP contribution in [0.15, 0.2) is 48.5 Å². The van der Waals surface area contributed by atoms with Crippen LogP contribution in [0.25, 0.3) is 0 Å². The number of rotatable bonds is 6. The maximum Gasteiger partial charge on any atom is 0.251 e. The molecular weight excluding hydrogens is 337 g/mol. The quantitative estimate of drug-likeness (QED) is 0.834. The number of carbonyl (C=O) groups is 3. The predicted molar refractivity (Wildman–Crippen MR) is 97.5 cm³/mol. The third kappa shape index (κ3) is 5.41. The van der Waals surface area contributed by atoms with Crippen molar-refractivity contribution in [2.45, 2.75) is 13.8 Å². The van der Waals surface area contributed by atoms with Gasteiger partial charge in [-0.1, -0.05) is 6.07 Å². The van der Waals surface area contributed by atoms with Crippen molar-refractivity contribution in [3.05, 3.63) is 59.9 Å². The van der Waals surface area contributed by atoms with Gasteiger partial charge in [0.25, 0.3) is 5.91 Å². The molecule has 2 aromatic rings. The summed E-state index contributed by atoms with van der Waals surface area (Å²) in [5, 5.41) is 5.31. The van der Waals surface area contributed by atoms with E-state index in [2.05, 4.69) is 10.6 Å². The lowest BCUT2D eigenvalue weighted by molar-refractivity contribution is -0.116. The van der Waals surface area contributed by atoms with Gasteiger partial charge in [-0.15, -0.1) is 0 Å². The maximum atomic E-state index is 13.2. The molecule has 2 rings (SSSR count). The van der Waals surface area contributed by atoms with E-state index in [0.29, 0.717) is 11.4 Å². The molecular formula is C19H20FN3O3. The van der Waals surface area contributed by atoms with Gasteiger partial charge in [-0.05, 0) is 42.5 Å². The Balaban J connectivity index is 1.97. The highest BCUT2D eigenvalue weighted by Gasteiger charge is 2.13. The molecule has 0 aliphatic rings. The second-order valence-corrected chi connectivity index (χ2v) is 5.66. The van der Waals surface area contributed by atoms with Crippen molar-refractivity contribution in [2.75, 3.05) is 23.3 Å². The second kappa shape index (κ2) is 8.75. The molecule has 0 spiro atoms. The molecule has 0 saturated heterocycles. The van der Waals surface area contributed by atoms with Gasteiger partial charge >= 0.3 is 0 Å². The Morgan fingerprint density at radius 3 is 2.31 bits per heavy atom. The van der Waals surface area contributed by atoms with Gasteiger partial charge < -0.3 is 15.5 Å². The summed E-state index contributed by atoms with van der Waals surface area (Å²) < 4.78 is 13.2. The molecule has 7 heteroatoms. The average molecular weight is 357 g/mol. The van der Waals surface area contributed by atoms with Crippen molar-refractivity contribution in [1.29, 1.82) is 0 Å². The minimum Gasteiger partial charge on any atom is -0.350 e. The summed E-state index contributed by atoms with van der Waals surface area (Å²) in [5.74, 6) is -1.25. The fourth-order valence-electron chi connectivity index (χ4n) is 2.41. The molecule has 2 aromatic carbocycles. The van der Waals surface area contributed by atoms with E-state index in [4.69, 9.17) is 0 Å². The van der Waals surface area contributed by atoms with Crippen molar-refractivity contribution in [1.82, 2.24) is 5.32 Å². The van der Waals surface area contributed by atoms with Gasteiger partial charge in [0.15, 0.2) is 0 Å². The van der Waals surface area contributed by atoms with Crippen molar-refractivity contribution in [3.63, 3.8) is 0 Å². The molecule has 0 fully saturated rings. The number of anilines is 2. The molecule has 3 amide bonds. The van der Waals surface area contributed by atoms with E-state index < -0.39 is 11.7 Å². The number of amides is 3. The Morgan fingerprint density at radius 1 is 1.04 bits per heavy atom. The highest BCUT2D eigenvalue weighted by Crippen LogP contribution is 2.18. The van der Waals surface area contributed by atoms with Crippen LogP contribution < -0.4 is 15.5 Å². The number of benzene rings is 2. The van der Waals surface area contributed by atoms with E-state index >= 15 is 0 Å². The molecule has 2 N–H and O–H groups in total. The highest BCUT2D eigenvalue weighted by atomic mass is 19.1. The number of nitrogens with one attached hydrogen (secondary N) is 2. The van der Waals surface area contributed by atoms with Crippen LogP contribution in [-0.4, -0.2) is 30.8 Å². The van der Waals surface area contributed by atoms with Gasteiger partial charge in [-0.2, -0.15) is 0 Å². The molecule has 0 saturated carbocycles. The number of hydrogen-bond donors (Lipinski definition) is 2. The Hall–Kier alpha value is -3.22. The first-order valence-corrected chi connectivity index (χ1v) is 8.06. The Morgan fingerprint density at radius 2 is 1.73 bits per heavy atom. The number of halogens is 1. The van der Waals surface area contributed by atoms with E-state index in [0.717, 1.165) is 6.07 Å². The predicted octanol–water partition coefficient (Wildman–Crippen LogP) is 2.57. The normalized spacial score (nSPS) is 10.1. The van der Waals surface area contributed by atoms with Crippen molar-refractivity contribution < 1.29 is 18.8 Å². The van der Waals surface area contributed by atoms with Crippen molar-refractivity contribution >= 4 is 29.1 Å². The summed E-state index contributed by atoms with van der Waals surface area (Å²) in [5.41, 5.74) is 1.50. The fraction of sp³-hybridized carbons (Fsp3) is 0.211. The summed E-state index contributed by atoms with van der Waals surface area (Å²) in [4.78, 5) is 36.4. The van der Waals surface area contributed by atoms with E-state index in [-0.39, 0.29) is 30.5 Å². The summed E-state index contributed by atoms with van der Waals surface area (Å²) >= 11 is 0.